The standard InChI is InChI=1S/C13H23N3OS/c1-12(2,3)10-14-11(18-15-10)16-8-5-6-13(4,17)7-9-16/h17H,5-9H2,1-4H3. The topological polar surface area (TPSA) is 49.2 Å². The van der Waals surface area contributed by atoms with Crippen LogP contribution in [0.1, 0.15) is 52.8 Å². The Hall–Kier alpha value is -0.680. The number of nitrogens with zero attached hydrogens (tertiary/aromatic N) is 3. The second-order valence-electron chi connectivity index (χ2n) is 6.49. The van der Waals surface area contributed by atoms with Gasteiger partial charge in [0.05, 0.1) is 5.60 Å². The van der Waals surface area contributed by atoms with Crippen LogP contribution in [0.25, 0.3) is 0 Å². The van der Waals surface area contributed by atoms with Gasteiger partial charge < -0.3 is 10.0 Å². The predicted octanol–water partition coefficient (Wildman–Crippen LogP) is 2.58. The van der Waals surface area contributed by atoms with Crippen LogP contribution >= 0.6 is 11.5 Å². The Morgan fingerprint density at radius 2 is 2.00 bits per heavy atom. The van der Waals surface area contributed by atoms with Crippen LogP contribution in [-0.4, -0.2) is 33.2 Å². The molecule has 0 aliphatic carbocycles. The molecule has 1 unspecified atom stereocenters. The van der Waals surface area contributed by atoms with E-state index in [4.69, 9.17) is 0 Å². The number of aliphatic hydroxyl groups is 1. The average molecular weight is 269 g/mol. The third-order valence-electron chi connectivity index (χ3n) is 3.42. The van der Waals surface area contributed by atoms with Crippen LogP contribution in [0.5, 0.6) is 0 Å². The van der Waals surface area contributed by atoms with Crippen LogP contribution in [0.15, 0.2) is 0 Å². The maximum absolute atomic E-state index is 10.1. The molecular weight excluding hydrogens is 246 g/mol. The van der Waals surface area contributed by atoms with Gasteiger partial charge in [-0.1, -0.05) is 20.8 Å². The molecule has 1 atom stereocenters. The van der Waals surface area contributed by atoms with Gasteiger partial charge in [0.25, 0.3) is 0 Å². The highest BCUT2D eigenvalue weighted by Gasteiger charge is 2.27. The number of rotatable bonds is 1. The summed E-state index contributed by atoms with van der Waals surface area (Å²) in [5, 5.41) is 11.1. The van der Waals surface area contributed by atoms with E-state index in [0.717, 1.165) is 43.3 Å². The van der Waals surface area contributed by atoms with E-state index >= 15 is 0 Å². The molecule has 1 N–H and O–H groups in total. The Balaban J connectivity index is 2.10. The van der Waals surface area contributed by atoms with Crippen LogP contribution in [-0.2, 0) is 5.41 Å². The number of anilines is 1. The van der Waals surface area contributed by atoms with Crippen molar-refractivity contribution in [2.24, 2.45) is 0 Å². The molecule has 4 nitrogen and oxygen atoms in total. The number of hydrogen-bond acceptors (Lipinski definition) is 5. The van der Waals surface area contributed by atoms with E-state index in [2.05, 4.69) is 35.0 Å². The largest absolute Gasteiger partial charge is 0.390 e. The summed E-state index contributed by atoms with van der Waals surface area (Å²) < 4.78 is 4.46. The highest BCUT2D eigenvalue weighted by Crippen LogP contribution is 2.29. The van der Waals surface area contributed by atoms with Gasteiger partial charge in [-0.15, -0.1) is 0 Å². The number of hydrogen-bond donors (Lipinski definition) is 1. The molecule has 5 heteroatoms. The zero-order valence-electron chi connectivity index (χ0n) is 11.7. The van der Waals surface area contributed by atoms with Gasteiger partial charge in [-0.05, 0) is 26.2 Å². The summed E-state index contributed by atoms with van der Waals surface area (Å²) in [5.41, 5.74) is -0.515. The molecule has 2 heterocycles. The van der Waals surface area contributed by atoms with Crippen LogP contribution in [0, 0.1) is 0 Å². The van der Waals surface area contributed by atoms with Crippen molar-refractivity contribution >= 4 is 16.7 Å². The summed E-state index contributed by atoms with van der Waals surface area (Å²) in [6.07, 6.45) is 2.68. The molecule has 0 aromatic carbocycles. The molecule has 0 bridgehead atoms. The molecule has 1 aliphatic heterocycles. The Morgan fingerprint density at radius 3 is 2.61 bits per heavy atom. The van der Waals surface area contributed by atoms with Crippen molar-refractivity contribution in [2.75, 3.05) is 18.0 Å². The van der Waals surface area contributed by atoms with Gasteiger partial charge in [-0.25, -0.2) is 4.98 Å². The molecule has 1 aromatic heterocycles. The maximum Gasteiger partial charge on any atom is 0.205 e. The highest BCUT2D eigenvalue weighted by atomic mass is 32.1. The predicted molar refractivity (Wildman–Crippen MR) is 75.3 cm³/mol. The van der Waals surface area contributed by atoms with Crippen molar-refractivity contribution < 1.29 is 5.11 Å². The SMILES string of the molecule is CC1(O)CCCN(c2nc(C(C)(C)C)ns2)CC1. The molecule has 0 amide bonds. The van der Waals surface area contributed by atoms with E-state index in [1.807, 2.05) is 6.92 Å². The summed E-state index contributed by atoms with van der Waals surface area (Å²) in [6.45, 7) is 10.2. The van der Waals surface area contributed by atoms with Gasteiger partial charge in [0.2, 0.25) is 5.13 Å². The quantitative estimate of drug-likeness (QED) is 0.851. The van der Waals surface area contributed by atoms with Gasteiger partial charge in [0.1, 0.15) is 5.82 Å². The number of aromatic nitrogens is 2. The van der Waals surface area contributed by atoms with Gasteiger partial charge >= 0.3 is 0 Å². The Morgan fingerprint density at radius 1 is 1.28 bits per heavy atom. The van der Waals surface area contributed by atoms with Gasteiger partial charge in [0.15, 0.2) is 0 Å². The molecule has 1 aliphatic rings. The molecular formula is C13H23N3OS. The normalized spacial score (nSPS) is 26.2. The lowest BCUT2D eigenvalue weighted by Crippen LogP contribution is -2.28. The van der Waals surface area contributed by atoms with E-state index in [1.165, 1.54) is 11.5 Å². The second-order valence-corrected chi connectivity index (χ2v) is 7.22. The van der Waals surface area contributed by atoms with Crippen LogP contribution < -0.4 is 4.90 Å². The van der Waals surface area contributed by atoms with Crippen molar-refractivity contribution in [3.63, 3.8) is 0 Å². The molecule has 102 valence electrons. The third-order valence-corrected chi connectivity index (χ3v) is 4.20. The summed E-state index contributed by atoms with van der Waals surface area (Å²) in [6, 6.07) is 0. The summed E-state index contributed by atoms with van der Waals surface area (Å²) >= 11 is 1.48. The molecule has 0 spiro atoms. The molecule has 0 saturated carbocycles. The van der Waals surface area contributed by atoms with Crippen molar-refractivity contribution in [3.8, 4) is 0 Å². The fourth-order valence-corrected chi connectivity index (χ4v) is 3.01. The third kappa shape index (κ3) is 3.20. The zero-order chi connectivity index (χ0) is 13.4. The van der Waals surface area contributed by atoms with E-state index in [0.29, 0.717) is 0 Å². The van der Waals surface area contributed by atoms with E-state index in [1.54, 1.807) is 0 Å². The minimum absolute atomic E-state index is 0.00604. The maximum atomic E-state index is 10.1. The van der Waals surface area contributed by atoms with Gasteiger partial charge in [-0.2, -0.15) is 4.37 Å². The van der Waals surface area contributed by atoms with Crippen LogP contribution in [0.4, 0.5) is 5.13 Å². The van der Waals surface area contributed by atoms with Gasteiger partial charge in [0, 0.05) is 30.0 Å². The second kappa shape index (κ2) is 4.78. The first kappa shape index (κ1) is 13.7. The fraction of sp³-hybridized carbons (Fsp3) is 0.846. The first-order valence-corrected chi connectivity index (χ1v) is 7.37. The Bertz CT molecular complexity index is 409. The van der Waals surface area contributed by atoms with Crippen molar-refractivity contribution in [2.45, 2.75) is 58.0 Å². The lowest BCUT2D eigenvalue weighted by atomic mass is 9.96. The lowest BCUT2D eigenvalue weighted by molar-refractivity contribution is 0.0481. The minimum atomic E-state index is -0.522. The highest BCUT2D eigenvalue weighted by molar-refractivity contribution is 7.09. The van der Waals surface area contributed by atoms with Gasteiger partial charge in [-0.3, -0.25) is 0 Å². The van der Waals surface area contributed by atoms with E-state index in [9.17, 15) is 5.11 Å². The Labute approximate surface area is 113 Å². The smallest absolute Gasteiger partial charge is 0.205 e. The molecule has 2 rings (SSSR count). The van der Waals surface area contributed by atoms with Crippen molar-refractivity contribution in [1.29, 1.82) is 0 Å². The minimum Gasteiger partial charge on any atom is -0.390 e. The van der Waals surface area contributed by atoms with Crippen molar-refractivity contribution in [1.82, 2.24) is 9.36 Å². The first-order valence-electron chi connectivity index (χ1n) is 6.59. The lowest BCUT2D eigenvalue weighted by Gasteiger charge is -2.21. The molecule has 0 radical (unpaired) electrons. The first-order chi connectivity index (χ1) is 8.28. The summed E-state index contributed by atoms with van der Waals surface area (Å²) in [4.78, 5) is 6.90. The molecule has 1 saturated heterocycles. The molecule has 1 fully saturated rings. The van der Waals surface area contributed by atoms with Crippen LogP contribution in [0.3, 0.4) is 0 Å². The average Bonchev–Trinajstić information content (AvgIpc) is 2.65. The fourth-order valence-electron chi connectivity index (χ4n) is 2.10. The van der Waals surface area contributed by atoms with E-state index < -0.39 is 5.60 Å². The van der Waals surface area contributed by atoms with Crippen LogP contribution in [0.2, 0.25) is 0 Å². The summed E-state index contributed by atoms with van der Waals surface area (Å²) in [7, 11) is 0. The van der Waals surface area contributed by atoms with E-state index in [-0.39, 0.29) is 5.41 Å². The monoisotopic (exact) mass is 269 g/mol. The summed E-state index contributed by atoms with van der Waals surface area (Å²) in [5.74, 6) is 0.915. The molecule has 1 aromatic rings. The Kier molecular flexibility index (Phi) is 3.65. The van der Waals surface area contributed by atoms with Crippen molar-refractivity contribution in [3.05, 3.63) is 5.82 Å². The molecule has 18 heavy (non-hydrogen) atoms. The zero-order valence-corrected chi connectivity index (χ0v) is 12.5.